The fourth-order valence-corrected chi connectivity index (χ4v) is 9.08. The lowest BCUT2D eigenvalue weighted by Gasteiger charge is -2.16. The van der Waals surface area contributed by atoms with Crippen LogP contribution in [0.3, 0.4) is 0 Å². The summed E-state index contributed by atoms with van der Waals surface area (Å²) in [7, 11) is 0. The SMILES string of the molecule is CCCCC(CC)Cn1cc(-c2ccc(-c3ccc(-c4ccc(-c5cn(CC(CC)CCCC)c(=O)[nH]c5=O)s4)s3)s2)c(=O)[nH]c1=O. The lowest BCUT2D eigenvalue weighted by Crippen LogP contribution is -2.32. The van der Waals surface area contributed by atoms with E-state index in [0.717, 1.165) is 80.6 Å². The molecule has 11 heteroatoms. The van der Waals surface area contributed by atoms with E-state index in [1.54, 1.807) is 32.9 Å². The predicted molar refractivity (Wildman–Crippen MR) is 198 cm³/mol. The van der Waals surface area contributed by atoms with Crippen molar-refractivity contribution in [2.24, 2.45) is 11.8 Å². The fourth-order valence-electron chi connectivity index (χ4n) is 5.86. The van der Waals surface area contributed by atoms with Crippen molar-refractivity contribution in [1.29, 1.82) is 0 Å². The Labute approximate surface area is 286 Å². The zero-order valence-electron chi connectivity index (χ0n) is 27.6. The normalized spacial score (nSPS) is 12.9. The first-order chi connectivity index (χ1) is 22.7. The summed E-state index contributed by atoms with van der Waals surface area (Å²) >= 11 is 4.72. The van der Waals surface area contributed by atoms with Crippen molar-refractivity contribution in [2.75, 3.05) is 0 Å². The highest BCUT2D eigenvalue weighted by atomic mass is 32.1. The van der Waals surface area contributed by atoms with Gasteiger partial charge >= 0.3 is 11.4 Å². The molecule has 47 heavy (non-hydrogen) atoms. The topological polar surface area (TPSA) is 110 Å². The Bertz CT molecular complexity index is 1880. The van der Waals surface area contributed by atoms with Crippen molar-refractivity contribution < 1.29 is 0 Å². The van der Waals surface area contributed by atoms with E-state index in [1.807, 2.05) is 24.3 Å². The first-order valence-electron chi connectivity index (χ1n) is 16.7. The summed E-state index contributed by atoms with van der Waals surface area (Å²) < 4.78 is 3.31. The molecule has 0 aliphatic carbocycles. The van der Waals surface area contributed by atoms with Gasteiger partial charge in [0, 0.05) is 54.7 Å². The molecule has 2 N–H and O–H groups in total. The molecule has 250 valence electrons. The molecule has 0 saturated carbocycles. The van der Waals surface area contributed by atoms with Crippen molar-refractivity contribution in [3.8, 4) is 40.4 Å². The Morgan fingerprint density at radius 2 is 0.894 bits per heavy atom. The van der Waals surface area contributed by atoms with Crippen molar-refractivity contribution in [1.82, 2.24) is 19.1 Å². The van der Waals surface area contributed by atoms with E-state index in [2.05, 4.69) is 49.8 Å². The van der Waals surface area contributed by atoms with Crippen LogP contribution in [-0.2, 0) is 13.1 Å². The average Bonchev–Trinajstić information content (AvgIpc) is 3.84. The minimum Gasteiger partial charge on any atom is -0.300 e. The molecule has 0 radical (unpaired) electrons. The van der Waals surface area contributed by atoms with Gasteiger partial charge in [-0.15, -0.1) is 34.0 Å². The van der Waals surface area contributed by atoms with Crippen molar-refractivity contribution >= 4 is 34.0 Å². The van der Waals surface area contributed by atoms with Gasteiger partial charge in [0.1, 0.15) is 0 Å². The first kappa shape index (κ1) is 34.8. The van der Waals surface area contributed by atoms with Crippen LogP contribution < -0.4 is 22.5 Å². The first-order valence-corrected chi connectivity index (χ1v) is 19.2. The Morgan fingerprint density at radius 1 is 0.553 bits per heavy atom. The number of thiophene rings is 3. The number of H-pyrrole nitrogens is 2. The van der Waals surface area contributed by atoms with Crippen molar-refractivity contribution in [3.05, 3.63) is 90.5 Å². The van der Waals surface area contributed by atoms with Gasteiger partial charge in [-0.2, -0.15) is 0 Å². The maximum Gasteiger partial charge on any atom is 0.328 e. The third-order valence-corrected chi connectivity index (χ3v) is 12.6. The molecule has 0 aliphatic heterocycles. The standard InChI is InChI=1S/C36H44N4O4S3/c1-5-9-11-23(7-3)19-39-21-25(33(41)37-35(39)43)27-13-15-29(45-27)31-17-18-32(47-31)30-16-14-28(46-30)26-22-40(36(44)38-34(26)42)20-24(8-4)12-10-6-2/h13-18,21-24H,5-12,19-20H2,1-4H3,(H,37,41,43)(H,38,42,44). The molecular formula is C36H44N4O4S3. The molecule has 0 saturated heterocycles. The molecule has 2 atom stereocenters. The van der Waals surface area contributed by atoms with E-state index < -0.39 is 0 Å². The van der Waals surface area contributed by atoms with Gasteiger partial charge in [-0.25, -0.2) is 9.59 Å². The summed E-state index contributed by atoms with van der Waals surface area (Å²) in [6, 6.07) is 12.1. The molecule has 0 bridgehead atoms. The highest BCUT2D eigenvalue weighted by molar-refractivity contribution is 7.27. The summed E-state index contributed by atoms with van der Waals surface area (Å²) in [5.74, 6) is 0.781. The quantitative estimate of drug-likeness (QED) is 0.108. The van der Waals surface area contributed by atoms with Crippen LogP contribution in [0.2, 0.25) is 0 Å². The number of aromatic nitrogens is 4. The molecule has 5 aromatic heterocycles. The molecule has 5 rings (SSSR count). The summed E-state index contributed by atoms with van der Waals surface area (Å²) in [6.45, 7) is 9.83. The molecule has 2 unspecified atom stereocenters. The maximum atomic E-state index is 12.8. The Kier molecular flexibility index (Phi) is 11.9. The molecule has 5 aromatic rings. The van der Waals surface area contributed by atoms with Crippen LogP contribution in [0.1, 0.15) is 79.1 Å². The Hall–Kier alpha value is -3.54. The predicted octanol–water partition coefficient (Wildman–Crippen LogP) is 8.67. The van der Waals surface area contributed by atoms with Crippen LogP contribution in [0.4, 0.5) is 0 Å². The van der Waals surface area contributed by atoms with E-state index in [0.29, 0.717) is 36.1 Å². The molecule has 0 aliphatic rings. The molecule has 0 spiro atoms. The summed E-state index contributed by atoms with van der Waals surface area (Å²) in [5, 5.41) is 0. The van der Waals surface area contributed by atoms with Crippen LogP contribution in [0.15, 0.2) is 68.0 Å². The zero-order chi connectivity index (χ0) is 33.5. The van der Waals surface area contributed by atoms with Crippen molar-refractivity contribution in [2.45, 2.75) is 92.2 Å². The smallest absolute Gasteiger partial charge is 0.300 e. The maximum absolute atomic E-state index is 12.8. The molecule has 0 aromatic carbocycles. The number of nitrogens with one attached hydrogen (secondary N) is 2. The Balaban J connectivity index is 1.36. The molecule has 8 nitrogen and oxygen atoms in total. The van der Waals surface area contributed by atoms with E-state index >= 15 is 0 Å². The average molecular weight is 693 g/mol. The highest BCUT2D eigenvalue weighted by Gasteiger charge is 2.17. The second-order valence-electron chi connectivity index (χ2n) is 12.2. The van der Waals surface area contributed by atoms with Gasteiger partial charge in [0.05, 0.1) is 11.1 Å². The van der Waals surface area contributed by atoms with E-state index in [1.165, 1.54) is 22.7 Å². The van der Waals surface area contributed by atoms with Crippen LogP contribution in [-0.4, -0.2) is 19.1 Å². The number of hydrogen-bond donors (Lipinski definition) is 2. The van der Waals surface area contributed by atoms with E-state index in [-0.39, 0.29) is 22.5 Å². The second-order valence-corrected chi connectivity index (χ2v) is 15.5. The van der Waals surface area contributed by atoms with Gasteiger partial charge in [0.2, 0.25) is 0 Å². The van der Waals surface area contributed by atoms with Gasteiger partial charge < -0.3 is 0 Å². The number of rotatable bonds is 16. The molecular weight excluding hydrogens is 649 g/mol. The number of nitrogens with zero attached hydrogens (tertiary/aromatic N) is 2. The summed E-state index contributed by atoms with van der Waals surface area (Å²) in [4.78, 5) is 61.9. The summed E-state index contributed by atoms with van der Waals surface area (Å²) in [5.41, 5.74) is -0.442. The van der Waals surface area contributed by atoms with Gasteiger partial charge in [-0.1, -0.05) is 66.2 Å². The van der Waals surface area contributed by atoms with Gasteiger partial charge in [-0.05, 0) is 61.1 Å². The zero-order valence-corrected chi connectivity index (χ0v) is 30.0. The monoisotopic (exact) mass is 692 g/mol. The van der Waals surface area contributed by atoms with Crippen LogP contribution in [0.25, 0.3) is 40.4 Å². The van der Waals surface area contributed by atoms with Crippen LogP contribution in [0.5, 0.6) is 0 Å². The second kappa shape index (κ2) is 16.0. The summed E-state index contributed by atoms with van der Waals surface area (Å²) in [6.07, 6.45) is 12.0. The lowest BCUT2D eigenvalue weighted by molar-refractivity contribution is 0.382. The third-order valence-electron chi connectivity index (χ3n) is 8.85. The van der Waals surface area contributed by atoms with Crippen LogP contribution in [0, 0.1) is 11.8 Å². The minimum atomic E-state index is -0.369. The molecule has 0 fully saturated rings. The number of unbranched alkanes of at least 4 members (excludes halogenated alkanes) is 2. The molecule has 0 amide bonds. The highest BCUT2D eigenvalue weighted by Crippen LogP contribution is 2.42. The van der Waals surface area contributed by atoms with Crippen LogP contribution >= 0.6 is 34.0 Å². The van der Waals surface area contributed by atoms with E-state index in [9.17, 15) is 19.2 Å². The fraction of sp³-hybridized carbons (Fsp3) is 0.444. The van der Waals surface area contributed by atoms with Crippen molar-refractivity contribution in [3.63, 3.8) is 0 Å². The number of hydrogen-bond acceptors (Lipinski definition) is 7. The lowest BCUT2D eigenvalue weighted by atomic mass is 9.99. The molecule has 5 heterocycles. The van der Waals surface area contributed by atoms with Gasteiger partial charge in [0.15, 0.2) is 0 Å². The van der Waals surface area contributed by atoms with Gasteiger partial charge in [0.25, 0.3) is 11.1 Å². The third kappa shape index (κ3) is 8.31. The Morgan fingerprint density at radius 3 is 1.23 bits per heavy atom. The minimum absolute atomic E-state index is 0.360. The number of aromatic amines is 2. The van der Waals surface area contributed by atoms with E-state index in [4.69, 9.17) is 0 Å². The largest absolute Gasteiger partial charge is 0.328 e. The van der Waals surface area contributed by atoms with Gasteiger partial charge in [-0.3, -0.25) is 28.7 Å².